The fourth-order valence-electron chi connectivity index (χ4n) is 3.13. The highest BCUT2D eigenvalue weighted by atomic mass is 16.2. The molecule has 0 atom stereocenters. The molecule has 142 valence electrons. The summed E-state index contributed by atoms with van der Waals surface area (Å²) in [5.74, 6) is 0.350. The van der Waals surface area contributed by atoms with Gasteiger partial charge < -0.3 is 15.1 Å². The molecule has 2 aromatic rings. The van der Waals surface area contributed by atoms with E-state index < -0.39 is 0 Å². The number of hydrogen-bond donors (Lipinski definition) is 1. The summed E-state index contributed by atoms with van der Waals surface area (Å²) in [7, 11) is 0. The Bertz CT molecular complexity index is 792. The molecule has 1 aliphatic rings. The Hall–Kier alpha value is -2.89. The van der Waals surface area contributed by atoms with Crippen molar-refractivity contribution in [2.75, 3.05) is 36.4 Å². The van der Waals surface area contributed by atoms with Crippen molar-refractivity contribution in [1.29, 1.82) is 0 Å². The van der Waals surface area contributed by atoms with Crippen LogP contribution in [0.2, 0.25) is 0 Å². The zero-order valence-electron chi connectivity index (χ0n) is 16.1. The Balaban J connectivity index is 1.60. The molecule has 3 rings (SSSR count). The molecule has 1 aliphatic heterocycles. The molecule has 0 unspecified atom stereocenters. The SMILES string of the molecule is CC(=O)N1CCN(c2ccc(C(=O)Nc3ccc(C(C)C)cc3)nc2)CC1. The van der Waals surface area contributed by atoms with Crippen molar-refractivity contribution in [3.05, 3.63) is 53.9 Å². The molecule has 0 saturated carbocycles. The molecule has 27 heavy (non-hydrogen) atoms. The summed E-state index contributed by atoms with van der Waals surface area (Å²) in [5, 5.41) is 2.88. The molecular weight excluding hydrogens is 340 g/mol. The number of hydrogen-bond acceptors (Lipinski definition) is 4. The number of carbonyl (C=O) groups is 2. The molecule has 2 heterocycles. The molecule has 0 aliphatic carbocycles. The molecule has 1 fully saturated rings. The minimum absolute atomic E-state index is 0.112. The summed E-state index contributed by atoms with van der Waals surface area (Å²) >= 11 is 0. The number of piperazine rings is 1. The summed E-state index contributed by atoms with van der Waals surface area (Å²) in [6.07, 6.45) is 1.72. The van der Waals surface area contributed by atoms with Crippen LogP contribution in [0, 0.1) is 0 Å². The Morgan fingerprint density at radius 3 is 2.19 bits per heavy atom. The number of amides is 2. The second kappa shape index (κ2) is 8.20. The number of aromatic nitrogens is 1. The Morgan fingerprint density at radius 2 is 1.67 bits per heavy atom. The lowest BCUT2D eigenvalue weighted by Crippen LogP contribution is -2.48. The second-order valence-corrected chi connectivity index (χ2v) is 7.13. The van der Waals surface area contributed by atoms with E-state index in [1.54, 1.807) is 19.2 Å². The number of rotatable bonds is 4. The van der Waals surface area contributed by atoms with Crippen LogP contribution in [0.3, 0.4) is 0 Å². The fourth-order valence-corrected chi connectivity index (χ4v) is 3.13. The van der Waals surface area contributed by atoms with Gasteiger partial charge >= 0.3 is 0 Å². The van der Waals surface area contributed by atoms with Crippen LogP contribution < -0.4 is 10.2 Å². The Morgan fingerprint density at radius 1 is 1.00 bits per heavy atom. The first-order valence-corrected chi connectivity index (χ1v) is 9.32. The lowest BCUT2D eigenvalue weighted by Gasteiger charge is -2.35. The van der Waals surface area contributed by atoms with Crippen LogP contribution in [-0.2, 0) is 4.79 Å². The van der Waals surface area contributed by atoms with E-state index in [9.17, 15) is 9.59 Å². The second-order valence-electron chi connectivity index (χ2n) is 7.13. The molecule has 6 heteroatoms. The largest absolute Gasteiger partial charge is 0.367 e. The van der Waals surface area contributed by atoms with Crippen molar-refractivity contribution in [3.63, 3.8) is 0 Å². The van der Waals surface area contributed by atoms with Gasteiger partial charge in [0.25, 0.3) is 5.91 Å². The van der Waals surface area contributed by atoms with Gasteiger partial charge in [-0.1, -0.05) is 26.0 Å². The zero-order valence-corrected chi connectivity index (χ0v) is 16.1. The minimum Gasteiger partial charge on any atom is -0.367 e. The normalized spacial score (nSPS) is 14.4. The Labute approximate surface area is 160 Å². The first-order chi connectivity index (χ1) is 12.9. The van der Waals surface area contributed by atoms with E-state index >= 15 is 0 Å². The van der Waals surface area contributed by atoms with E-state index in [2.05, 4.69) is 29.0 Å². The first kappa shape index (κ1) is 18.9. The standard InChI is InChI=1S/C21H26N4O2/c1-15(2)17-4-6-18(7-5-17)23-21(27)20-9-8-19(14-22-20)25-12-10-24(11-13-25)16(3)26/h4-9,14-15H,10-13H2,1-3H3,(H,23,27). The van der Waals surface area contributed by atoms with E-state index in [-0.39, 0.29) is 11.8 Å². The van der Waals surface area contributed by atoms with Crippen LogP contribution in [0.1, 0.15) is 42.7 Å². The van der Waals surface area contributed by atoms with Crippen molar-refractivity contribution < 1.29 is 9.59 Å². The molecule has 0 spiro atoms. The summed E-state index contributed by atoms with van der Waals surface area (Å²) in [6, 6.07) is 11.5. The molecule has 6 nitrogen and oxygen atoms in total. The highest BCUT2D eigenvalue weighted by molar-refractivity contribution is 6.02. The van der Waals surface area contributed by atoms with Gasteiger partial charge in [0.1, 0.15) is 5.69 Å². The van der Waals surface area contributed by atoms with Gasteiger partial charge in [0, 0.05) is 38.8 Å². The maximum atomic E-state index is 12.4. The van der Waals surface area contributed by atoms with Crippen LogP contribution >= 0.6 is 0 Å². The number of nitrogens with one attached hydrogen (secondary N) is 1. The molecule has 1 saturated heterocycles. The van der Waals surface area contributed by atoms with Crippen LogP contribution in [0.5, 0.6) is 0 Å². The molecule has 0 bridgehead atoms. The topological polar surface area (TPSA) is 65.5 Å². The van der Waals surface area contributed by atoms with Crippen LogP contribution in [-0.4, -0.2) is 47.9 Å². The van der Waals surface area contributed by atoms with Gasteiger partial charge in [0.05, 0.1) is 11.9 Å². The summed E-state index contributed by atoms with van der Waals surface area (Å²) < 4.78 is 0. The quantitative estimate of drug-likeness (QED) is 0.903. The van der Waals surface area contributed by atoms with E-state index in [1.165, 1.54) is 5.56 Å². The molecular formula is C21H26N4O2. The average Bonchev–Trinajstić information content (AvgIpc) is 2.68. The lowest BCUT2D eigenvalue weighted by atomic mass is 10.0. The molecule has 1 aromatic heterocycles. The van der Waals surface area contributed by atoms with Gasteiger partial charge in [-0.2, -0.15) is 0 Å². The average molecular weight is 366 g/mol. The van der Waals surface area contributed by atoms with Crippen molar-refractivity contribution in [1.82, 2.24) is 9.88 Å². The predicted octanol–water partition coefficient (Wildman–Crippen LogP) is 3.13. The van der Waals surface area contributed by atoms with E-state index in [0.717, 1.165) is 24.5 Å². The fraction of sp³-hybridized carbons (Fsp3) is 0.381. The maximum absolute atomic E-state index is 12.4. The number of benzene rings is 1. The highest BCUT2D eigenvalue weighted by Crippen LogP contribution is 2.19. The molecule has 2 amide bonds. The van der Waals surface area contributed by atoms with Crippen LogP contribution in [0.25, 0.3) is 0 Å². The van der Waals surface area contributed by atoms with Crippen molar-refractivity contribution in [2.24, 2.45) is 0 Å². The smallest absolute Gasteiger partial charge is 0.274 e. The van der Waals surface area contributed by atoms with Gasteiger partial charge in [0.15, 0.2) is 0 Å². The lowest BCUT2D eigenvalue weighted by molar-refractivity contribution is -0.129. The highest BCUT2D eigenvalue weighted by Gasteiger charge is 2.19. The number of carbonyl (C=O) groups excluding carboxylic acids is 2. The minimum atomic E-state index is -0.222. The summed E-state index contributed by atoms with van der Waals surface area (Å²) in [5.41, 5.74) is 3.35. The zero-order chi connectivity index (χ0) is 19.4. The van der Waals surface area contributed by atoms with Gasteiger partial charge in [0.2, 0.25) is 5.91 Å². The van der Waals surface area contributed by atoms with Gasteiger partial charge in [-0.25, -0.2) is 4.98 Å². The third kappa shape index (κ3) is 4.64. The van der Waals surface area contributed by atoms with Crippen LogP contribution in [0.4, 0.5) is 11.4 Å². The van der Waals surface area contributed by atoms with Crippen LogP contribution in [0.15, 0.2) is 42.6 Å². The molecule has 1 N–H and O–H groups in total. The maximum Gasteiger partial charge on any atom is 0.274 e. The molecule has 1 aromatic carbocycles. The third-order valence-electron chi connectivity index (χ3n) is 4.91. The number of nitrogens with zero attached hydrogens (tertiary/aromatic N) is 3. The first-order valence-electron chi connectivity index (χ1n) is 9.32. The summed E-state index contributed by atoms with van der Waals surface area (Å²) in [4.78, 5) is 32.2. The monoisotopic (exact) mass is 366 g/mol. The number of pyridine rings is 1. The van der Waals surface area contributed by atoms with Crippen molar-refractivity contribution >= 4 is 23.2 Å². The van der Waals surface area contributed by atoms with E-state index in [1.807, 2.05) is 35.2 Å². The van der Waals surface area contributed by atoms with Crippen molar-refractivity contribution in [2.45, 2.75) is 26.7 Å². The van der Waals surface area contributed by atoms with Gasteiger partial charge in [-0.3, -0.25) is 9.59 Å². The van der Waals surface area contributed by atoms with Gasteiger partial charge in [-0.15, -0.1) is 0 Å². The molecule has 0 radical (unpaired) electrons. The number of anilines is 2. The van der Waals surface area contributed by atoms with E-state index in [4.69, 9.17) is 0 Å². The predicted molar refractivity (Wildman–Crippen MR) is 107 cm³/mol. The van der Waals surface area contributed by atoms with Crippen molar-refractivity contribution in [3.8, 4) is 0 Å². The van der Waals surface area contributed by atoms with Gasteiger partial charge in [-0.05, 0) is 35.7 Å². The third-order valence-corrected chi connectivity index (χ3v) is 4.91. The summed E-state index contributed by atoms with van der Waals surface area (Å²) in [6.45, 7) is 8.84. The van der Waals surface area contributed by atoms with E-state index in [0.29, 0.717) is 24.7 Å². The Kier molecular flexibility index (Phi) is 5.74.